The molecule has 0 saturated heterocycles. The van der Waals surface area contributed by atoms with Crippen molar-refractivity contribution in [1.29, 1.82) is 0 Å². The van der Waals surface area contributed by atoms with Crippen LogP contribution in [-0.4, -0.2) is 15.9 Å². The molecule has 0 fully saturated rings. The number of rotatable bonds is 7. The van der Waals surface area contributed by atoms with E-state index in [9.17, 15) is 4.79 Å². The van der Waals surface area contributed by atoms with Gasteiger partial charge in [-0.3, -0.25) is 9.78 Å². The van der Waals surface area contributed by atoms with Crippen LogP contribution in [0, 0.1) is 0 Å². The van der Waals surface area contributed by atoms with Gasteiger partial charge in [-0.15, -0.1) is 11.3 Å². The Hall–Kier alpha value is -2.05. The average Bonchev–Trinajstić information content (AvgIpc) is 3.27. The van der Waals surface area contributed by atoms with Gasteiger partial charge in [-0.1, -0.05) is 6.07 Å². The van der Waals surface area contributed by atoms with Crippen LogP contribution in [0.3, 0.4) is 0 Å². The number of nitrogens with zero attached hydrogens (tertiary/aromatic N) is 2. The molecule has 0 radical (unpaired) electrons. The highest BCUT2D eigenvalue weighted by atomic mass is 32.1. The Morgan fingerprint density at radius 1 is 1.22 bits per heavy atom. The Balaban J connectivity index is 1.60. The third-order valence-corrected chi connectivity index (χ3v) is 5.09. The second-order valence-corrected chi connectivity index (χ2v) is 6.89. The summed E-state index contributed by atoms with van der Waals surface area (Å²) >= 11 is 3.25. The maximum atomic E-state index is 12.3. The molecule has 0 aromatic carbocycles. The normalized spacial score (nSPS) is 12.0. The molecule has 3 rings (SSSR count). The van der Waals surface area contributed by atoms with E-state index in [1.54, 1.807) is 41.3 Å². The minimum absolute atomic E-state index is 0.0456. The third kappa shape index (κ3) is 4.71. The molecule has 1 amide bonds. The van der Waals surface area contributed by atoms with E-state index in [-0.39, 0.29) is 11.9 Å². The van der Waals surface area contributed by atoms with Crippen molar-refractivity contribution in [2.24, 2.45) is 0 Å². The number of aryl methyl sites for hydroxylation is 1. The molecular weight excluding hydrogens is 326 g/mol. The maximum Gasteiger partial charge on any atom is 0.220 e. The van der Waals surface area contributed by atoms with Crippen molar-refractivity contribution in [2.45, 2.75) is 25.3 Å². The van der Waals surface area contributed by atoms with Gasteiger partial charge >= 0.3 is 0 Å². The van der Waals surface area contributed by atoms with Crippen LogP contribution >= 0.6 is 22.7 Å². The lowest BCUT2D eigenvalue weighted by Crippen LogP contribution is -2.30. The predicted octanol–water partition coefficient (Wildman–Crippen LogP) is 3.63. The highest BCUT2D eigenvalue weighted by Gasteiger charge is 2.17. The van der Waals surface area contributed by atoms with Gasteiger partial charge in [-0.25, -0.2) is 4.98 Å². The fourth-order valence-corrected chi connectivity index (χ4v) is 3.69. The summed E-state index contributed by atoms with van der Waals surface area (Å²) in [5.74, 6) is 0.0456. The van der Waals surface area contributed by atoms with Crippen LogP contribution in [0.4, 0.5) is 0 Å². The molecule has 0 aliphatic rings. The highest BCUT2D eigenvalue weighted by molar-refractivity contribution is 7.09. The number of thiazole rings is 1. The van der Waals surface area contributed by atoms with E-state index >= 15 is 0 Å². The van der Waals surface area contributed by atoms with Gasteiger partial charge in [0.05, 0.1) is 6.04 Å². The molecule has 0 bridgehead atoms. The second kappa shape index (κ2) is 7.99. The molecule has 118 valence electrons. The number of amides is 1. The van der Waals surface area contributed by atoms with Crippen LogP contribution in [0.2, 0.25) is 0 Å². The summed E-state index contributed by atoms with van der Waals surface area (Å²) in [6, 6.07) is 5.91. The lowest BCUT2D eigenvalue weighted by atomic mass is 10.1. The molecule has 6 heteroatoms. The van der Waals surface area contributed by atoms with E-state index < -0.39 is 0 Å². The number of thiophene rings is 1. The van der Waals surface area contributed by atoms with Gasteiger partial charge in [-0.2, -0.15) is 11.3 Å². The first-order valence-electron chi connectivity index (χ1n) is 7.40. The molecule has 4 nitrogen and oxygen atoms in total. The van der Waals surface area contributed by atoms with Crippen molar-refractivity contribution in [3.63, 3.8) is 0 Å². The molecule has 3 heterocycles. The summed E-state index contributed by atoms with van der Waals surface area (Å²) in [5, 5.41) is 10.2. The van der Waals surface area contributed by atoms with Crippen LogP contribution in [-0.2, 0) is 17.6 Å². The SMILES string of the molecule is O=C(CCc1cccnc1)NC(Cc1ccsc1)c1nccs1. The number of carbonyl (C=O) groups excluding carboxylic acids is 1. The molecule has 1 unspecified atom stereocenters. The smallest absolute Gasteiger partial charge is 0.220 e. The van der Waals surface area contributed by atoms with Crippen molar-refractivity contribution < 1.29 is 4.79 Å². The van der Waals surface area contributed by atoms with Gasteiger partial charge in [-0.05, 0) is 40.4 Å². The zero-order valence-electron chi connectivity index (χ0n) is 12.5. The van der Waals surface area contributed by atoms with Crippen LogP contribution < -0.4 is 5.32 Å². The summed E-state index contributed by atoms with van der Waals surface area (Å²) in [6.07, 6.45) is 7.25. The summed E-state index contributed by atoms with van der Waals surface area (Å²) in [6.45, 7) is 0. The van der Waals surface area contributed by atoms with Crippen molar-refractivity contribution in [1.82, 2.24) is 15.3 Å². The van der Waals surface area contributed by atoms with E-state index in [0.717, 1.165) is 17.0 Å². The first kappa shape index (κ1) is 15.8. The number of hydrogen-bond acceptors (Lipinski definition) is 5. The Labute approximate surface area is 143 Å². The minimum atomic E-state index is -0.0639. The molecule has 3 aromatic heterocycles. The van der Waals surface area contributed by atoms with Crippen LogP contribution in [0.25, 0.3) is 0 Å². The fourth-order valence-electron chi connectivity index (χ4n) is 2.32. The Bertz CT molecular complexity index is 712. The van der Waals surface area contributed by atoms with E-state index in [2.05, 4.69) is 32.1 Å². The summed E-state index contributed by atoms with van der Waals surface area (Å²) < 4.78 is 0. The molecule has 23 heavy (non-hydrogen) atoms. The molecule has 3 aromatic rings. The molecule has 1 atom stereocenters. The van der Waals surface area contributed by atoms with Gasteiger partial charge in [0, 0.05) is 36.8 Å². The molecule has 1 N–H and O–H groups in total. The van der Waals surface area contributed by atoms with Gasteiger partial charge in [0.1, 0.15) is 5.01 Å². The van der Waals surface area contributed by atoms with Crippen molar-refractivity contribution in [2.75, 3.05) is 0 Å². The van der Waals surface area contributed by atoms with E-state index in [1.165, 1.54) is 5.56 Å². The maximum absolute atomic E-state index is 12.3. The number of aromatic nitrogens is 2. The largest absolute Gasteiger partial charge is 0.347 e. The lowest BCUT2D eigenvalue weighted by Gasteiger charge is -2.16. The number of nitrogens with one attached hydrogen (secondary N) is 1. The predicted molar refractivity (Wildman–Crippen MR) is 93.6 cm³/mol. The van der Waals surface area contributed by atoms with Crippen LogP contribution in [0.15, 0.2) is 52.9 Å². The van der Waals surface area contributed by atoms with Crippen molar-refractivity contribution in [3.05, 3.63) is 69.1 Å². The van der Waals surface area contributed by atoms with E-state index in [1.807, 2.05) is 17.5 Å². The van der Waals surface area contributed by atoms with E-state index in [0.29, 0.717) is 12.8 Å². The lowest BCUT2D eigenvalue weighted by molar-refractivity contribution is -0.121. The zero-order valence-corrected chi connectivity index (χ0v) is 14.1. The summed E-state index contributed by atoms with van der Waals surface area (Å²) in [5.41, 5.74) is 2.30. The molecule has 0 aliphatic heterocycles. The van der Waals surface area contributed by atoms with Crippen LogP contribution in [0.5, 0.6) is 0 Å². The quantitative estimate of drug-likeness (QED) is 0.713. The highest BCUT2D eigenvalue weighted by Crippen LogP contribution is 2.22. The topological polar surface area (TPSA) is 54.9 Å². The first-order chi connectivity index (χ1) is 11.3. The molecule has 0 spiro atoms. The number of carbonyl (C=O) groups is 1. The van der Waals surface area contributed by atoms with Crippen molar-refractivity contribution >= 4 is 28.6 Å². The zero-order chi connectivity index (χ0) is 15.9. The monoisotopic (exact) mass is 343 g/mol. The number of pyridine rings is 1. The number of hydrogen-bond donors (Lipinski definition) is 1. The van der Waals surface area contributed by atoms with Crippen molar-refractivity contribution in [3.8, 4) is 0 Å². The Morgan fingerprint density at radius 2 is 2.17 bits per heavy atom. The van der Waals surface area contributed by atoms with Gasteiger partial charge in [0.25, 0.3) is 0 Å². The Kier molecular flexibility index (Phi) is 5.50. The minimum Gasteiger partial charge on any atom is -0.347 e. The van der Waals surface area contributed by atoms with Gasteiger partial charge in [0.15, 0.2) is 0 Å². The van der Waals surface area contributed by atoms with E-state index in [4.69, 9.17) is 0 Å². The van der Waals surface area contributed by atoms with Gasteiger partial charge in [0.2, 0.25) is 5.91 Å². The standard InChI is InChI=1S/C17H17N3OS2/c21-16(4-3-13-2-1-6-18-11-13)20-15(17-19-7-9-23-17)10-14-5-8-22-12-14/h1-2,5-9,11-12,15H,3-4,10H2,(H,20,21). The average molecular weight is 343 g/mol. The third-order valence-electron chi connectivity index (χ3n) is 3.47. The summed E-state index contributed by atoms with van der Waals surface area (Å²) in [7, 11) is 0. The first-order valence-corrected chi connectivity index (χ1v) is 9.22. The Morgan fingerprint density at radius 3 is 2.87 bits per heavy atom. The molecule has 0 aliphatic carbocycles. The molecule has 0 saturated carbocycles. The van der Waals surface area contributed by atoms with Crippen LogP contribution in [0.1, 0.15) is 28.6 Å². The van der Waals surface area contributed by atoms with Gasteiger partial charge < -0.3 is 5.32 Å². The second-order valence-electron chi connectivity index (χ2n) is 5.19. The summed E-state index contributed by atoms with van der Waals surface area (Å²) in [4.78, 5) is 20.7. The molecular formula is C17H17N3OS2. The fraction of sp³-hybridized carbons (Fsp3) is 0.235.